The van der Waals surface area contributed by atoms with E-state index in [1.165, 1.54) is 0 Å². The molecule has 1 saturated heterocycles. The summed E-state index contributed by atoms with van der Waals surface area (Å²) in [7, 11) is 0. The molecule has 2 heterocycles. The van der Waals surface area contributed by atoms with Crippen molar-refractivity contribution in [3.63, 3.8) is 0 Å². The van der Waals surface area contributed by atoms with E-state index in [1.807, 2.05) is 31.2 Å². The Balaban J connectivity index is 1.57. The van der Waals surface area contributed by atoms with Crippen molar-refractivity contribution in [1.29, 1.82) is 0 Å². The van der Waals surface area contributed by atoms with Gasteiger partial charge in [-0.15, -0.1) is 10.2 Å². The molecule has 0 spiro atoms. The van der Waals surface area contributed by atoms with Gasteiger partial charge < -0.3 is 15.1 Å². The minimum Gasteiger partial charge on any atom is -0.343 e. The van der Waals surface area contributed by atoms with Crippen LogP contribution in [-0.4, -0.2) is 47.3 Å². The Kier molecular flexibility index (Phi) is 4.80. The molecule has 10 heteroatoms. The number of benzene rings is 1. The van der Waals surface area contributed by atoms with Gasteiger partial charge in [0.25, 0.3) is 0 Å². The van der Waals surface area contributed by atoms with Crippen molar-refractivity contribution in [1.82, 2.24) is 15.1 Å². The average Bonchev–Trinajstić information content (AvgIpc) is 3.07. The Morgan fingerprint density at radius 3 is 2.44 bits per heavy atom. The molecule has 2 aromatic rings. The van der Waals surface area contributed by atoms with E-state index < -0.39 is 11.2 Å². The Morgan fingerprint density at radius 1 is 1.16 bits per heavy atom. The third kappa shape index (κ3) is 4.01. The number of nitrogens with zero attached hydrogens (tertiary/aromatic N) is 4. The number of carbonyl (C=O) groups is 1. The zero-order chi connectivity index (χ0) is 18.0. The number of anilines is 2. The van der Waals surface area contributed by atoms with Crippen LogP contribution in [0, 0.1) is 6.92 Å². The normalized spacial score (nSPS) is 15.4. The van der Waals surface area contributed by atoms with Gasteiger partial charge in [0.1, 0.15) is 0 Å². The number of urea groups is 1. The monoisotopic (exact) mass is 371 g/mol. The second kappa shape index (κ2) is 6.87. The molecule has 6 nitrogen and oxygen atoms in total. The Labute approximate surface area is 146 Å². The quantitative estimate of drug-likeness (QED) is 0.881. The lowest BCUT2D eigenvalue weighted by molar-refractivity contribution is -0.138. The molecular weight excluding hydrogens is 355 g/mol. The van der Waals surface area contributed by atoms with Gasteiger partial charge in [-0.25, -0.2) is 4.79 Å². The first-order chi connectivity index (χ1) is 11.8. The lowest BCUT2D eigenvalue weighted by Gasteiger charge is -2.34. The predicted octanol–water partition coefficient (Wildman–Crippen LogP) is 3.22. The number of carbonyl (C=O) groups excluding carboxylic acids is 1. The van der Waals surface area contributed by atoms with E-state index in [4.69, 9.17) is 0 Å². The highest BCUT2D eigenvalue weighted by Gasteiger charge is 2.36. The Morgan fingerprint density at radius 2 is 1.84 bits per heavy atom. The molecule has 2 amide bonds. The molecule has 1 aliphatic heterocycles. The summed E-state index contributed by atoms with van der Waals surface area (Å²) < 4.78 is 37.8. The summed E-state index contributed by atoms with van der Waals surface area (Å²) in [6.07, 6.45) is -4.48. The number of amides is 2. The maximum Gasteiger partial charge on any atom is 0.445 e. The zero-order valence-corrected chi connectivity index (χ0v) is 14.2. The van der Waals surface area contributed by atoms with Gasteiger partial charge in [-0.1, -0.05) is 29.5 Å². The molecule has 3 rings (SSSR count). The van der Waals surface area contributed by atoms with E-state index in [2.05, 4.69) is 15.5 Å². The number of hydrogen-bond acceptors (Lipinski definition) is 5. The third-order valence-electron chi connectivity index (χ3n) is 3.88. The first kappa shape index (κ1) is 17.5. The fourth-order valence-electron chi connectivity index (χ4n) is 2.47. The van der Waals surface area contributed by atoms with Crippen molar-refractivity contribution in [3.8, 4) is 0 Å². The van der Waals surface area contributed by atoms with Crippen molar-refractivity contribution >= 4 is 28.2 Å². The SMILES string of the molecule is Cc1ccccc1NC(=O)N1CCN(c2nnc(C(F)(F)F)s2)CC1. The number of nitrogens with one attached hydrogen (secondary N) is 1. The lowest BCUT2D eigenvalue weighted by Crippen LogP contribution is -2.50. The van der Waals surface area contributed by atoms with Crippen molar-refractivity contribution < 1.29 is 18.0 Å². The third-order valence-corrected chi connectivity index (χ3v) is 4.91. The second-order valence-corrected chi connectivity index (χ2v) is 6.56. The van der Waals surface area contributed by atoms with E-state index in [0.717, 1.165) is 11.3 Å². The van der Waals surface area contributed by atoms with Crippen LogP contribution in [-0.2, 0) is 6.18 Å². The van der Waals surface area contributed by atoms with Crippen LogP contribution in [0.5, 0.6) is 0 Å². The van der Waals surface area contributed by atoms with Gasteiger partial charge in [-0.05, 0) is 18.6 Å². The highest BCUT2D eigenvalue weighted by Crippen LogP contribution is 2.34. The maximum atomic E-state index is 12.6. The number of piperazine rings is 1. The van der Waals surface area contributed by atoms with E-state index in [0.29, 0.717) is 37.5 Å². The van der Waals surface area contributed by atoms with E-state index >= 15 is 0 Å². The van der Waals surface area contributed by atoms with Crippen molar-refractivity contribution in [3.05, 3.63) is 34.8 Å². The average molecular weight is 371 g/mol. The zero-order valence-electron chi connectivity index (χ0n) is 13.4. The molecule has 1 aromatic carbocycles. The first-order valence-electron chi connectivity index (χ1n) is 7.62. The summed E-state index contributed by atoms with van der Waals surface area (Å²) in [5.74, 6) is 0. The fraction of sp³-hybridized carbons (Fsp3) is 0.400. The summed E-state index contributed by atoms with van der Waals surface area (Å²) >= 11 is 0.520. The number of aromatic nitrogens is 2. The van der Waals surface area contributed by atoms with Crippen molar-refractivity contribution in [2.75, 3.05) is 36.4 Å². The molecule has 0 atom stereocenters. The molecule has 0 aliphatic carbocycles. The summed E-state index contributed by atoms with van der Waals surface area (Å²) in [5, 5.41) is 8.93. The van der Waals surface area contributed by atoms with E-state index in [1.54, 1.807) is 9.80 Å². The largest absolute Gasteiger partial charge is 0.445 e. The fourth-order valence-corrected chi connectivity index (χ4v) is 3.23. The molecule has 1 fully saturated rings. The van der Waals surface area contributed by atoms with Crippen LogP contribution >= 0.6 is 11.3 Å². The Hall–Kier alpha value is -2.36. The van der Waals surface area contributed by atoms with Crippen LogP contribution in [0.1, 0.15) is 10.6 Å². The molecule has 25 heavy (non-hydrogen) atoms. The molecule has 0 unspecified atom stereocenters. The van der Waals surface area contributed by atoms with E-state index in [-0.39, 0.29) is 11.2 Å². The summed E-state index contributed by atoms with van der Waals surface area (Å²) in [6, 6.07) is 7.24. The highest BCUT2D eigenvalue weighted by molar-refractivity contribution is 7.15. The van der Waals surface area contributed by atoms with Crippen LogP contribution < -0.4 is 10.2 Å². The van der Waals surface area contributed by atoms with Gasteiger partial charge in [-0.2, -0.15) is 13.2 Å². The number of aryl methyl sites for hydroxylation is 1. The number of para-hydroxylation sites is 1. The van der Waals surface area contributed by atoms with Crippen LogP contribution in [0.25, 0.3) is 0 Å². The smallest absolute Gasteiger partial charge is 0.343 e. The minimum atomic E-state index is -4.48. The maximum absolute atomic E-state index is 12.6. The summed E-state index contributed by atoms with van der Waals surface area (Å²) in [4.78, 5) is 15.7. The first-order valence-corrected chi connectivity index (χ1v) is 8.43. The Bertz CT molecular complexity index is 756. The van der Waals surface area contributed by atoms with Crippen LogP contribution in [0.2, 0.25) is 0 Å². The number of halogens is 3. The standard InChI is InChI=1S/C15H16F3N5OS/c1-10-4-2-3-5-11(10)19-13(24)22-6-8-23(9-7-22)14-21-20-12(25-14)15(16,17)18/h2-5H,6-9H2,1H3,(H,19,24). The van der Waals surface area contributed by atoms with Crippen molar-refractivity contribution in [2.45, 2.75) is 13.1 Å². The molecule has 134 valence electrons. The molecule has 1 aliphatic rings. The van der Waals surface area contributed by atoms with Gasteiger partial charge in [-0.3, -0.25) is 0 Å². The molecule has 1 N–H and O–H groups in total. The predicted molar refractivity (Wildman–Crippen MR) is 88.9 cm³/mol. The molecule has 0 saturated carbocycles. The number of rotatable bonds is 2. The highest BCUT2D eigenvalue weighted by atomic mass is 32.1. The van der Waals surface area contributed by atoms with Crippen LogP contribution in [0.15, 0.2) is 24.3 Å². The van der Waals surface area contributed by atoms with Gasteiger partial charge in [0, 0.05) is 31.9 Å². The van der Waals surface area contributed by atoms with E-state index in [9.17, 15) is 18.0 Å². The molecular formula is C15H16F3N5OS. The van der Waals surface area contributed by atoms with Crippen LogP contribution in [0.3, 0.4) is 0 Å². The second-order valence-electron chi connectivity index (χ2n) is 5.61. The molecule has 0 radical (unpaired) electrons. The van der Waals surface area contributed by atoms with Gasteiger partial charge >= 0.3 is 12.2 Å². The molecule has 1 aromatic heterocycles. The summed E-state index contributed by atoms with van der Waals surface area (Å²) in [5.41, 5.74) is 1.71. The number of alkyl halides is 3. The summed E-state index contributed by atoms with van der Waals surface area (Å²) in [6.45, 7) is 3.53. The van der Waals surface area contributed by atoms with Gasteiger partial charge in [0.15, 0.2) is 0 Å². The topological polar surface area (TPSA) is 61.4 Å². The van der Waals surface area contributed by atoms with Crippen molar-refractivity contribution in [2.24, 2.45) is 0 Å². The van der Waals surface area contributed by atoms with Gasteiger partial charge in [0.05, 0.1) is 0 Å². The molecule has 0 bridgehead atoms. The number of hydrogen-bond donors (Lipinski definition) is 1. The lowest BCUT2D eigenvalue weighted by atomic mass is 10.2. The minimum absolute atomic E-state index is 0.220. The van der Waals surface area contributed by atoms with Crippen LogP contribution in [0.4, 0.5) is 28.8 Å². The van der Waals surface area contributed by atoms with Gasteiger partial charge in [0.2, 0.25) is 10.1 Å².